The van der Waals surface area contributed by atoms with Crippen LogP contribution in [0.1, 0.15) is 22.3 Å². The first-order valence-electron chi connectivity index (χ1n) is 6.49. The Kier molecular flexibility index (Phi) is 4.05. The van der Waals surface area contributed by atoms with Crippen LogP contribution in [0.15, 0.2) is 35.2 Å². The van der Waals surface area contributed by atoms with Crippen LogP contribution in [0.2, 0.25) is 0 Å². The van der Waals surface area contributed by atoms with Crippen molar-refractivity contribution in [2.45, 2.75) is 32.6 Å². The zero-order valence-corrected chi connectivity index (χ0v) is 13.2. The second kappa shape index (κ2) is 5.48. The molecule has 2 aromatic carbocycles. The fourth-order valence-electron chi connectivity index (χ4n) is 2.03. The van der Waals surface area contributed by atoms with E-state index in [2.05, 4.69) is 0 Å². The Hall–Kier alpha value is -1.88. The van der Waals surface area contributed by atoms with Crippen LogP contribution in [0, 0.1) is 33.5 Å². The van der Waals surface area contributed by atoms with E-state index < -0.39 is 15.9 Å². The summed E-state index contributed by atoms with van der Waals surface area (Å²) in [6.07, 6.45) is 0. The third-order valence-corrected chi connectivity index (χ3v) is 4.61. The monoisotopic (exact) mass is 308 g/mol. The summed E-state index contributed by atoms with van der Waals surface area (Å²) in [5.74, 6) is -0.147. The van der Waals surface area contributed by atoms with Gasteiger partial charge in [-0.3, -0.25) is 0 Å². The Balaban J connectivity index is 2.44. The number of halogens is 1. The van der Waals surface area contributed by atoms with Crippen LogP contribution in [-0.2, 0) is 10.1 Å². The van der Waals surface area contributed by atoms with Gasteiger partial charge < -0.3 is 4.18 Å². The van der Waals surface area contributed by atoms with E-state index in [1.54, 1.807) is 13.0 Å². The maximum absolute atomic E-state index is 13.2. The third-order valence-electron chi connectivity index (χ3n) is 3.38. The van der Waals surface area contributed by atoms with E-state index in [9.17, 15) is 12.8 Å². The van der Waals surface area contributed by atoms with Crippen molar-refractivity contribution >= 4 is 10.1 Å². The molecule has 112 valence electrons. The van der Waals surface area contributed by atoms with E-state index in [1.165, 1.54) is 19.1 Å². The van der Waals surface area contributed by atoms with Crippen LogP contribution < -0.4 is 4.18 Å². The van der Waals surface area contributed by atoms with Crippen molar-refractivity contribution in [1.82, 2.24) is 0 Å². The Morgan fingerprint density at radius 2 is 1.62 bits per heavy atom. The lowest BCUT2D eigenvalue weighted by Gasteiger charge is -2.12. The summed E-state index contributed by atoms with van der Waals surface area (Å²) in [6.45, 7) is 7.07. The molecule has 0 aliphatic carbocycles. The molecule has 2 aromatic rings. The second-order valence-corrected chi connectivity index (χ2v) is 6.70. The van der Waals surface area contributed by atoms with Gasteiger partial charge in [0.25, 0.3) is 0 Å². The molecule has 5 heteroatoms. The molecule has 0 bridgehead atoms. The van der Waals surface area contributed by atoms with Crippen LogP contribution in [0.3, 0.4) is 0 Å². The largest absolute Gasteiger partial charge is 0.379 e. The minimum Gasteiger partial charge on any atom is -0.379 e. The van der Waals surface area contributed by atoms with E-state index in [4.69, 9.17) is 4.18 Å². The average molecular weight is 308 g/mol. The standard InChI is InChI=1S/C16H17FO3S/c1-10-7-11(2)13(4)16(8-10)20-21(18,19)14-5-6-15(17)12(3)9-14/h5-9H,1-4H3. The summed E-state index contributed by atoms with van der Waals surface area (Å²) in [4.78, 5) is -0.0556. The molecule has 0 unspecified atom stereocenters. The lowest BCUT2D eigenvalue weighted by Crippen LogP contribution is -2.11. The summed E-state index contributed by atoms with van der Waals surface area (Å²) in [6, 6.07) is 7.23. The molecule has 0 saturated heterocycles. The zero-order valence-electron chi connectivity index (χ0n) is 12.4. The summed E-state index contributed by atoms with van der Waals surface area (Å²) in [5.41, 5.74) is 2.90. The van der Waals surface area contributed by atoms with Gasteiger partial charge in [0.1, 0.15) is 16.5 Å². The molecular formula is C16H17FO3S. The maximum Gasteiger partial charge on any atom is 0.339 e. The van der Waals surface area contributed by atoms with Crippen molar-refractivity contribution in [3.8, 4) is 5.75 Å². The normalized spacial score (nSPS) is 11.5. The fraction of sp³-hybridized carbons (Fsp3) is 0.250. The van der Waals surface area contributed by atoms with Crippen LogP contribution in [0.4, 0.5) is 4.39 Å². The smallest absolute Gasteiger partial charge is 0.339 e. The molecule has 0 radical (unpaired) electrons. The molecule has 0 aliphatic heterocycles. The number of rotatable bonds is 3. The average Bonchev–Trinajstić information content (AvgIpc) is 2.38. The highest BCUT2D eigenvalue weighted by Crippen LogP contribution is 2.27. The van der Waals surface area contributed by atoms with E-state index in [-0.39, 0.29) is 10.5 Å². The van der Waals surface area contributed by atoms with Crippen LogP contribution in [0.25, 0.3) is 0 Å². The first-order chi connectivity index (χ1) is 9.70. The van der Waals surface area contributed by atoms with Gasteiger partial charge in [-0.15, -0.1) is 0 Å². The Morgan fingerprint density at radius 1 is 0.952 bits per heavy atom. The van der Waals surface area contributed by atoms with Crippen LogP contribution in [0.5, 0.6) is 5.75 Å². The lowest BCUT2D eigenvalue weighted by atomic mass is 10.1. The fourth-order valence-corrected chi connectivity index (χ4v) is 3.09. The van der Waals surface area contributed by atoms with Gasteiger partial charge in [0.15, 0.2) is 0 Å². The minimum absolute atomic E-state index is 0.0556. The predicted molar refractivity (Wildman–Crippen MR) is 79.6 cm³/mol. The molecule has 0 N–H and O–H groups in total. The minimum atomic E-state index is -3.98. The molecular weight excluding hydrogens is 291 g/mol. The lowest BCUT2D eigenvalue weighted by molar-refractivity contribution is 0.483. The van der Waals surface area contributed by atoms with Gasteiger partial charge in [-0.1, -0.05) is 6.07 Å². The van der Waals surface area contributed by atoms with E-state index in [1.807, 2.05) is 19.9 Å². The summed E-state index contributed by atoms with van der Waals surface area (Å²) >= 11 is 0. The van der Waals surface area contributed by atoms with Gasteiger partial charge in [-0.05, 0) is 74.2 Å². The van der Waals surface area contributed by atoms with E-state index in [0.717, 1.165) is 22.8 Å². The number of hydrogen-bond acceptors (Lipinski definition) is 3. The highest BCUT2D eigenvalue weighted by molar-refractivity contribution is 7.87. The number of hydrogen-bond donors (Lipinski definition) is 0. The zero-order chi connectivity index (χ0) is 15.8. The molecule has 0 heterocycles. The van der Waals surface area contributed by atoms with Gasteiger partial charge in [0.2, 0.25) is 0 Å². The van der Waals surface area contributed by atoms with E-state index in [0.29, 0.717) is 5.75 Å². The first-order valence-corrected chi connectivity index (χ1v) is 7.90. The van der Waals surface area contributed by atoms with Crippen molar-refractivity contribution in [2.75, 3.05) is 0 Å². The molecule has 21 heavy (non-hydrogen) atoms. The Bertz CT molecular complexity index is 795. The number of aryl methyl sites for hydroxylation is 3. The summed E-state index contributed by atoms with van der Waals surface area (Å²) in [7, 11) is -3.98. The van der Waals surface area contributed by atoms with Gasteiger partial charge in [0.05, 0.1) is 0 Å². The van der Waals surface area contributed by atoms with Crippen molar-refractivity contribution in [3.05, 3.63) is 58.4 Å². The van der Waals surface area contributed by atoms with Crippen LogP contribution >= 0.6 is 0 Å². The molecule has 0 saturated carbocycles. The highest BCUT2D eigenvalue weighted by atomic mass is 32.2. The first kappa shape index (κ1) is 15.5. The van der Waals surface area contributed by atoms with Gasteiger partial charge in [-0.2, -0.15) is 8.42 Å². The predicted octanol–water partition coefficient (Wildman–Crippen LogP) is 3.83. The molecule has 3 nitrogen and oxygen atoms in total. The molecule has 0 atom stereocenters. The van der Waals surface area contributed by atoms with Crippen molar-refractivity contribution in [2.24, 2.45) is 0 Å². The Labute approximate surface area is 124 Å². The van der Waals surface area contributed by atoms with E-state index >= 15 is 0 Å². The molecule has 0 aromatic heterocycles. The molecule has 0 fully saturated rings. The van der Waals surface area contributed by atoms with Crippen LogP contribution in [-0.4, -0.2) is 8.42 Å². The Morgan fingerprint density at radius 3 is 2.24 bits per heavy atom. The molecule has 0 spiro atoms. The van der Waals surface area contributed by atoms with Crippen molar-refractivity contribution < 1.29 is 17.0 Å². The third kappa shape index (κ3) is 3.24. The SMILES string of the molecule is Cc1cc(C)c(C)c(OS(=O)(=O)c2ccc(F)c(C)c2)c1. The molecule has 2 rings (SSSR count). The summed E-state index contributed by atoms with van der Waals surface area (Å²) < 4.78 is 43.1. The molecule has 0 aliphatic rings. The van der Waals surface area contributed by atoms with Crippen molar-refractivity contribution in [1.29, 1.82) is 0 Å². The number of benzene rings is 2. The van der Waals surface area contributed by atoms with Gasteiger partial charge in [0, 0.05) is 0 Å². The second-order valence-electron chi connectivity index (χ2n) is 5.15. The van der Waals surface area contributed by atoms with Gasteiger partial charge in [-0.25, -0.2) is 4.39 Å². The summed E-state index contributed by atoms with van der Waals surface area (Å²) in [5, 5.41) is 0. The van der Waals surface area contributed by atoms with Gasteiger partial charge >= 0.3 is 10.1 Å². The highest BCUT2D eigenvalue weighted by Gasteiger charge is 2.19. The topological polar surface area (TPSA) is 43.4 Å². The molecule has 0 amide bonds. The van der Waals surface area contributed by atoms with Crippen molar-refractivity contribution in [3.63, 3.8) is 0 Å². The maximum atomic E-state index is 13.2. The quantitative estimate of drug-likeness (QED) is 0.809.